The fourth-order valence-electron chi connectivity index (χ4n) is 1.65. The molecule has 0 bridgehead atoms. The lowest BCUT2D eigenvalue weighted by atomic mass is 10.2. The van der Waals surface area contributed by atoms with Crippen molar-refractivity contribution in [3.63, 3.8) is 0 Å². The third-order valence-corrected chi connectivity index (χ3v) is 2.83. The van der Waals surface area contributed by atoms with Crippen LogP contribution >= 0.6 is 12.2 Å². The second-order valence-electron chi connectivity index (χ2n) is 3.83. The van der Waals surface area contributed by atoms with Gasteiger partial charge < -0.3 is 5.11 Å². The Balaban J connectivity index is 2.25. The van der Waals surface area contributed by atoms with Gasteiger partial charge in [0.05, 0.1) is 0 Å². The molecule has 0 atom stereocenters. The fraction of sp³-hybridized carbons (Fsp3) is 0.0909. The third kappa shape index (κ3) is 1.65. The Kier molecular flexibility index (Phi) is 2.34. The van der Waals surface area contributed by atoms with E-state index in [0.717, 1.165) is 11.3 Å². The molecule has 2 N–H and O–H groups in total. The Bertz CT molecular complexity index is 774. The van der Waals surface area contributed by atoms with E-state index in [1.165, 1.54) is 0 Å². The van der Waals surface area contributed by atoms with Crippen LogP contribution in [-0.4, -0.2) is 29.9 Å². The maximum Gasteiger partial charge on any atom is 0.216 e. The highest BCUT2D eigenvalue weighted by atomic mass is 32.1. The van der Waals surface area contributed by atoms with Crippen molar-refractivity contribution < 1.29 is 5.11 Å². The standard InChI is InChI=1S/C11H9N5OS/c1-6-10-12-9(7-2-4-8(17)5-3-7)15-16(10)11(18)14-13-6/h2-5,17H,1H3,(H,14,18). The quantitative estimate of drug-likeness (QED) is 0.652. The molecule has 0 unspecified atom stereocenters. The molecule has 0 spiro atoms. The molecule has 90 valence electrons. The van der Waals surface area contributed by atoms with E-state index in [-0.39, 0.29) is 5.75 Å². The third-order valence-electron chi connectivity index (χ3n) is 2.57. The molecular weight excluding hydrogens is 250 g/mol. The molecule has 0 saturated carbocycles. The Morgan fingerprint density at radius 1 is 1.28 bits per heavy atom. The van der Waals surface area contributed by atoms with E-state index >= 15 is 0 Å². The minimum atomic E-state index is 0.206. The van der Waals surface area contributed by atoms with Crippen LogP contribution in [0.4, 0.5) is 0 Å². The lowest BCUT2D eigenvalue weighted by Crippen LogP contribution is -1.98. The molecule has 7 heteroatoms. The van der Waals surface area contributed by atoms with Gasteiger partial charge in [-0.15, -0.1) is 5.10 Å². The summed E-state index contributed by atoms with van der Waals surface area (Å²) in [6.07, 6.45) is 0. The van der Waals surface area contributed by atoms with Crippen molar-refractivity contribution in [2.75, 3.05) is 0 Å². The van der Waals surface area contributed by atoms with Gasteiger partial charge in [-0.2, -0.15) is 9.61 Å². The van der Waals surface area contributed by atoms with Crippen molar-refractivity contribution in [1.29, 1.82) is 0 Å². The van der Waals surface area contributed by atoms with Gasteiger partial charge in [0.1, 0.15) is 11.4 Å². The number of benzene rings is 1. The summed E-state index contributed by atoms with van der Waals surface area (Å²) in [6, 6.07) is 6.68. The van der Waals surface area contributed by atoms with Gasteiger partial charge in [-0.25, -0.2) is 4.98 Å². The van der Waals surface area contributed by atoms with Crippen molar-refractivity contribution in [1.82, 2.24) is 24.8 Å². The number of nitrogens with zero attached hydrogens (tertiary/aromatic N) is 4. The van der Waals surface area contributed by atoms with E-state index in [0.29, 0.717) is 16.2 Å². The van der Waals surface area contributed by atoms with Crippen LogP contribution in [0.3, 0.4) is 0 Å². The average molecular weight is 259 g/mol. The van der Waals surface area contributed by atoms with Crippen LogP contribution in [-0.2, 0) is 0 Å². The molecule has 3 rings (SSSR count). The lowest BCUT2D eigenvalue weighted by molar-refractivity contribution is 0.475. The monoisotopic (exact) mass is 259 g/mol. The summed E-state index contributed by atoms with van der Waals surface area (Å²) in [5.74, 6) is 0.753. The molecule has 0 radical (unpaired) electrons. The van der Waals surface area contributed by atoms with Crippen LogP contribution in [0.2, 0.25) is 0 Å². The molecule has 3 aromatic rings. The van der Waals surface area contributed by atoms with Crippen molar-refractivity contribution in [2.24, 2.45) is 0 Å². The van der Waals surface area contributed by atoms with Gasteiger partial charge >= 0.3 is 0 Å². The number of rotatable bonds is 1. The Morgan fingerprint density at radius 2 is 2.00 bits per heavy atom. The first-order chi connectivity index (χ1) is 8.65. The molecule has 18 heavy (non-hydrogen) atoms. The summed E-state index contributed by atoms with van der Waals surface area (Å²) >= 11 is 5.10. The topological polar surface area (TPSA) is 79.1 Å². The summed E-state index contributed by atoms with van der Waals surface area (Å²) in [5.41, 5.74) is 2.16. The van der Waals surface area contributed by atoms with Crippen LogP contribution in [0.5, 0.6) is 5.75 Å². The highest BCUT2D eigenvalue weighted by Crippen LogP contribution is 2.19. The summed E-state index contributed by atoms with van der Waals surface area (Å²) in [5, 5.41) is 20.3. The second-order valence-corrected chi connectivity index (χ2v) is 4.22. The van der Waals surface area contributed by atoms with Crippen molar-refractivity contribution in [2.45, 2.75) is 6.92 Å². The first-order valence-electron chi connectivity index (χ1n) is 5.26. The maximum atomic E-state index is 9.25. The summed E-state index contributed by atoms with van der Waals surface area (Å²) in [4.78, 5) is 4.39. The zero-order chi connectivity index (χ0) is 12.7. The van der Waals surface area contributed by atoms with Crippen LogP contribution in [0, 0.1) is 11.7 Å². The number of nitrogens with one attached hydrogen (secondary N) is 1. The number of hydrogen-bond acceptors (Lipinski definition) is 5. The van der Waals surface area contributed by atoms with Crippen LogP contribution in [0.1, 0.15) is 5.69 Å². The van der Waals surface area contributed by atoms with Gasteiger partial charge in [0.15, 0.2) is 11.5 Å². The van der Waals surface area contributed by atoms with E-state index in [4.69, 9.17) is 12.2 Å². The minimum absolute atomic E-state index is 0.206. The second kappa shape index (κ2) is 3.88. The van der Waals surface area contributed by atoms with E-state index in [2.05, 4.69) is 20.3 Å². The lowest BCUT2D eigenvalue weighted by Gasteiger charge is -1.94. The van der Waals surface area contributed by atoms with Crippen molar-refractivity contribution in [3.8, 4) is 17.1 Å². The SMILES string of the molecule is Cc1n[nH]c(=S)n2nc(-c3ccc(O)cc3)nc12. The van der Waals surface area contributed by atoms with Gasteiger partial charge in [0.2, 0.25) is 4.77 Å². The molecule has 6 nitrogen and oxygen atoms in total. The number of aromatic hydroxyl groups is 1. The predicted octanol–water partition coefficient (Wildman–Crippen LogP) is 1.86. The first kappa shape index (κ1) is 10.8. The number of aromatic amines is 1. The number of hydrogen-bond donors (Lipinski definition) is 2. The van der Waals surface area contributed by atoms with E-state index in [1.807, 2.05) is 6.92 Å². The average Bonchev–Trinajstić information content (AvgIpc) is 2.81. The maximum absolute atomic E-state index is 9.25. The van der Waals surface area contributed by atoms with Crippen LogP contribution in [0.25, 0.3) is 17.0 Å². The zero-order valence-corrected chi connectivity index (χ0v) is 10.3. The van der Waals surface area contributed by atoms with Gasteiger partial charge in [-0.05, 0) is 43.4 Å². The molecule has 0 aliphatic rings. The number of aryl methyl sites for hydroxylation is 1. The van der Waals surface area contributed by atoms with Crippen LogP contribution in [0.15, 0.2) is 24.3 Å². The number of aromatic nitrogens is 5. The molecule has 0 aliphatic heterocycles. The number of H-pyrrole nitrogens is 1. The van der Waals surface area contributed by atoms with Gasteiger partial charge in [0.25, 0.3) is 0 Å². The highest BCUT2D eigenvalue weighted by molar-refractivity contribution is 7.71. The number of phenolic OH excluding ortho intramolecular Hbond substituents is 1. The van der Waals surface area contributed by atoms with Crippen LogP contribution < -0.4 is 0 Å². The van der Waals surface area contributed by atoms with E-state index in [9.17, 15) is 5.11 Å². The Labute approximate surface area is 107 Å². The molecule has 2 heterocycles. The molecule has 2 aromatic heterocycles. The van der Waals surface area contributed by atoms with Gasteiger partial charge in [-0.3, -0.25) is 5.10 Å². The molecule has 1 aromatic carbocycles. The van der Waals surface area contributed by atoms with E-state index < -0.39 is 0 Å². The normalized spacial score (nSPS) is 10.9. The fourth-order valence-corrected chi connectivity index (χ4v) is 1.82. The molecule has 0 fully saturated rings. The molecule has 0 aliphatic carbocycles. The summed E-state index contributed by atoms with van der Waals surface area (Å²) in [6.45, 7) is 1.83. The van der Waals surface area contributed by atoms with Gasteiger partial charge in [-0.1, -0.05) is 0 Å². The Morgan fingerprint density at radius 3 is 2.67 bits per heavy atom. The van der Waals surface area contributed by atoms with Crippen molar-refractivity contribution in [3.05, 3.63) is 34.7 Å². The number of fused-ring (bicyclic) bond motifs is 1. The van der Waals surface area contributed by atoms with Gasteiger partial charge in [0, 0.05) is 5.56 Å². The largest absolute Gasteiger partial charge is 0.508 e. The molecular formula is C11H9N5OS. The molecule has 0 saturated heterocycles. The summed E-state index contributed by atoms with van der Waals surface area (Å²) < 4.78 is 1.94. The molecule has 0 amide bonds. The first-order valence-corrected chi connectivity index (χ1v) is 5.67. The van der Waals surface area contributed by atoms with E-state index in [1.54, 1.807) is 28.8 Å². The smallest absolute Gasteiger partial charge is 0.216 e. The Hall–Kier alpha value is -2.28. The minimum Gasteiger partial charge on any atom is -0.508 e. The van der Waals surface area contributed by atoms with Crippen molar-refractivity contribution >= 4 is 17.9 Å². The highest BCUT2D eigenvalue weighted by Gasteiger charge is 2.09. The zero-order valence-electron chi connectivity index (χ0n) is 9.45. The summed E-state index contributed by atoms with van der Waals surface area (Å²) in [7, 11) is 0. The predicted molar refractivity (Wildman–Crippen MR) is 67.8 cm³/mol. The number of phenols is 1.